The van der Waals surface area contributed by atoms with Gasteiger partial charge in [0.25, 0.3) is 0 Å². The molecule has 0 rings (SSSR count). The minimum atomic E-state index is -1.52. The van der Waals surface area contributed by atoms with Gasteiger partial charge in [-0.3, -0.25) is 28.8 Å². The van der Waals surface area contributed by atoms with Gasteiger partial charge in [0.05, 0.1) is 6.54 Å². The van der Waals surface area contributed by atoms with Crippen molar-refractivity contribution in [1.82, 2.24) is 21.3 Å². The molecule has 0 heterocycles. The first-order valence-electron chi connectivity index (χ1n) is 12.7. The fourth-order valence-electron chi connectivity index (χ4n) is 3.51. The van der Waals surface area contributed by atoms with Crippen LogP contribution in [0.2, 0.25) is 0 Å². The smallest absolute Gasteiger partial charge is 0.326 e. The quantitative estimate of drug-likeness (QED) is 0.0931. The van der Waals surface area contributed by atoms with Crippen LogP contribution >= 0.6 is 0 Å². The molecule has 0 aromatic rings. The standard InChI is InChI=1S/C24H41N5O10/c1-5-13(4)20(29-17(30)11-25)23(37)26-14(6-8-18(31)32)21(35)28-16(10-12(2)3)22(36)27-15(24(38)39)7-9-19(33)34/h12-16,20H,5-11,25H2,1-4H3,(H,26,37)(H,27,36)(H,28,35)(H,29,30)(H,31,32)(H,33,34)(H,38,39)/t13-,14-,15-,16-,20-/m0/s1. The van der Waals surface area contributed by atoms with Crippen LogP contribution in [0.15, 0.2) is 0 Å². The minimum absolute atomic E-state index is 0.0600. The zero-order chi connectivity index (χ0) is 30.3. The van der Waals surface area contributed by atoms with Crippen molar-refractivity contribution in [3.8, 4) is 0 Å². The lowest BCUT2D eigenvalue weighted by molar-refractivity contribution is -0.143. The largest absolute Gasteiger partial charge is 0.481 e. The molecule has 39 heavy (non-hydrogen) atoms. The van der Waals surface area contributed by atoms with Gasteiger partial charge in [0.15, 0.2) is 0 Å². The highest BCUT2D eigenvalue weighted by atomic mass is 16.4. The number of carbonyl (C=O) groups excluding carboxylic acids is 4. The molecule has 0 unspecified atom stereocenters. The number of rotatable bonds is 19. The van der Waals surface area contributed by atoms with Crippen LogP contribution in [0.5, 0.6) is 0 Å². The second-order valence-electron chi connectivity index (χ2n) is 9.65. The Labute approximate surface area is 226 Å². The maximum Gasteiger partial charge on any atom is 0.326 e. The van der Waals surface area contributed by atoms with Crippen molar-refractivity contribution in [3.05, 3.63) is 0 Å². The van der Waals surface area contributed by atoms with E-state index >= 15 is 0 Å². The Bertz CT molecular complexity index is 895. The van der Waals surface area contributed by atoms with Crippen molar-refractivity contribution in [3.63, 3.8) is 0 Å². The van der Waals surface area contributed by atoms with E-state index in [9.17, 15) is 38.7 Å². The number of nitrogens with two attached hydrogens (primary N) is 1. The molecule has 0 saturated heterocycles. The molecule has 0 aromatic heterocycles. The van der Waals surface area contributed by atoms with E-state index in [4.69, 9.17) is 15.9 Å². The SMILES string of the molecule is CC[C@H](C)[C@H](NC(=O)CN)C(=O)N[C@@H](CCC(=O)O)C(=O)N[C@@H](CC(C)C)C(=O)N[C@@H](CCC(=O)O)C(=O)O. The van der Waals surface area contributed by atoms with Gasteiger partial charge in [-0.2, -0.15) is 0 Å². The second kappa shape index (κ2) is 17.7. The molecule has 4 amide bonds. The first kappa shape index (κ1) is 35.2. The number of hydrogen-bond acceptors (Lipinski definition) is 8. The maximum absolute atomic E-state index is 13.2. The van der Waals surface area contributed by atoms with E-state index in [0.29, 0.717) is 6.42 Å². The fraction of sp³-hybridized carbons (Fsp3) is 0.708. The van der Waals surface area contributed by atoms with Gasteiger partial charge in [-0.15, -0.1) is 0 Å². The first-order valence-corrected chi connectivity index (χ1v) is 12.7. The number of nitrogens with one attached hydrogen (secondary N) is 4. The van der Waals surface area contributed by atoms with Crippen LogP contribution in [0.25, 0.3) is 0 Å². The molecule has 0 bridgehead atoms. The third-order valence-electron chi connectivity index (χ3n) is 5.88. The Morgan fingerprint density at radius 1 is 0.692 bits per heavy atom. The van der Waals surface area contributed by atoms with Gasteiger partial charge in [-0.05, 0) is 31.1 Å². The summed E-state index contributed by atoms with van der Waals surface area (Å²) in [5.74, 6) is -7.59. The summed E-state index contributed by atoms with van der Waals surface area (Å²) in [6.07, 6.45) is -1.19. The van der Waals surface area contributed by atoms with Gasteiger partial charge in [0.1, 0.15) is 24.2 Å². The molecule has 0 saturated carbocycles. The lowest BCUT2D eigenvalue weighted by Gasteiger charge is -2.28. The number of carboxylic acids is 3. The summed E-state index contributed by atoms with van der Waals surface area (Å²) in [5.41, 5.74) is 5.33. The van der Waals surface area contributed by atoms with Crippen molar-refractivity contribution in [2.45, 2.75) is 90.4 Å². The van der Waals surface area contributed by atoms with Crippen molar-refractivity contribution in [1.29, 1.82) is 0 Å². The average Bonchev–Trinajstić information content (AvgIpc) is 2.85. The summed E-state index contributed by atoms with van der Waals surface area (Å²) in [4.78, 5) is 84.4. The molecule has 9 N–H and O–H groups in total. The number of carbonyl (C=O) groups is 7. The summed E-state index contributed by atoms with van der Waals surface area (Å²) < 4.78 is 0. The molecule has 0 fully saturated rings. The number of amides is 4. The molecule has 0 aliphatic rings. The molecule has 0 aromatic carbocycles. The van der Waals surface area contributed by atoms with Crippen LogP contribution in [0, 0.1) is 11.8 Å². The summed E-state index contributed by atoms with van der Waals surface area (Å²) in [5, 5.41) is 36.9. The van der Waals surface area contributed by atoms with Crippen LogP contribution in [0.1, 0.15) is 66.2 Å². The molecule has 0 aliphatic heterocycles. The maximum atomic E-state index is 13.2. The zero-order valence-electron chi connectivity index (χ0n) is 22.7. The molecule has 0 spiro atoms. The highest BCUT2D eigenvalue weighted by molar-refractivity contribution is 5.95. The lowest BCUT2D eigenvalue weighted by atomic mass is 9.97. The number of hydrogen-bond donors (Lipinski definition) is 8. The third kappa shape index (κ3) is 14.1. The normalized spacial score (nSPS) is 14.7. The molecule has 0 aliphatic carbocycles. The highest BCUT2D eigenvalue weighted by Gasteiger charge is 2.33. The molecular weight excluding hydrogens is 518 g/mol. The Morgan fingerprint density at radius 3 is 1.59 bits per heavy atom. The van der Waals surface area contributed by atoms with Gasteiger partial charge in [0, 0.05) is 12.8 Å². The summed E-state index contributed by atoms with van der Waals surface area (Å²) >= 11 is 0. The predicted octanol–water partition coefficient (Wildman–Crippen LogP) is -1.21. The van der Waals surface area contributed by atoms with Crippen LogP contribution < -0.4 is 27.0 Å². The first-order chi connectivity index (χ1) is 18.1. The third-order valence-corrected chi connectivity index (χ3v) is 5.88. The Hall–Kier alpha value is -3.75. The highest BCUT2D eigenvalue weighted by Crippen LogP contribution is 2.11. The van der Waals surface area contributed by atoms with Gasteiger partial charge in [-0.1, -0.05) is 34.1 Å². The predicted molar refractivity (Wildman–Crippen MR) is 137 cm³/mol. The lowest BCUT2D eigenvalue weighted by Crippen LogP contribution is -2.59. The summed E-state index contributed by atoms with van der Waals surface area (Å²) in [7, 11) is 0. The summed E-state index contributed by atoms with van der Waals surface area (Å²) in [6, 6.07) is -5.26. The van der Waals surface area contributed by atoms with Gasteiger partial charge >= 0.3 is 17.9 Å². The van der Waals surface area contributed by atoms with Crippen molar-refractivity contribution in [2.75, 3.05) is 6.54 Å². The van der Waals surface area contributed by atoms with Crippen LogP contribution in [-0.4, -0.2) is 87.6 Å². The van der Waals surface area contributed by atoms with Crippen LogP contribution in [0.3, 0.4) is 0 Å². The van der Waals surface area contributed by atoms with Gasteiger partial charge in [0.2, 0.25) is 23.6 Å². The van der Waals surface area contributed by atoms with E-state index < -0.39 is 78.5 Å². The van der Waals surface area contributed by atoms with Gasteiger partial charge in [-0.25, -0.2) is 4.79 Å². The van der Waals surface area contributed by atoms with Crippen LogP contribution in [0.4, 0.5) is 0 Å². The van der Waals surface area contributed by atoms with Crippen molar-refractivity contribution in [2.24, 2.45) is 17.6 Å². The average molecular weight is 560 g/mol. The Kier molecular flexibility index (Phi) is 16.0. The second-order valence-corrected chi connectivity index (χ2v) is 9.65. The Morgan fingerprint density at radius 2 is 1.15 bits per heavy atom. The number of carboxylic acid groups (broad SMARTS) is 3. The topological polar surface area (TPSA) is 254 Å². The number of aliphatic carboxylic acids is 3. The van der Waals surface area contributed by atoms with Crippen molar-refractivity contribution < 1.29 is 48.9 Å². The molecule has 222 valence electrons. The van der Waals surface area contributed by atoms with E-state index in [1.54, 1.807) is 27.7 Å². The van der Waals surface area contributed by atoms with E-state index in [1.807, 2.05) is 0 Å². The molecule has 0 radical (unpaired) electrons. The molecule has 15 nitrogen and oxygen atoms in total. The van der Waals surface area contributed by atoms with E-state index in [1.165, 1.54) is 0 Å². The molecule has 5 atom stereocenters. The molecular formula is C24H41N5O10. The van der Waals surface area contributed by atoms with E-state index in [-0.39, 0.29) is 37.6 Å². The summed E-state index contributed by atoms with van der Waals surface area (Å²) in [6.45, 7) is 6.58. The minimum Gasteiger partial charge on any atom is -0.481 e. The van der Waals surface area contributed by atoms with Crippen LogP contribution in [-0.2, 0) is 33.6 Å². The monoisotopic (exact) mass is 559 g/mol. The van der Waals surface area contributed by atoms with E-state index in [0.717, 1.165) is 0 Å². The van der Waals surface area contributed by atoms with Gasteiger partial charge < -0.3 is 42.3 Å². The fourth-order valence-corrected chi connectivity index (χ4v) is 3.51. The van der Waals surface area contributed by atoms with Crippen molar-refractivity contribution >= 4 is 41.5 Å². The zero-order valence-corrected chi connectivity index (χ0v) is 22.7. The molecule has 15 heteroatoms. The Balaban J connectivity index is 5.87. The van der Waals surface area contributed by atoms with E-state index in [2.05, 4.69) is 21.3 Å².